The highest BCUT2D eigenvalue weighted by atomic mass is 32.7. The minimum Gasteiger partial charge on any atom is -0.109 e. The molecule has 3 aliphatic heterocycles. The topological polar surface area (TPSA) is 0 Å². The first-order valence-electron chi connectivity index (χ1n) is 1.37. The molecule has 1 aromatic heterocycles. The summed E-state index contributed by atoms with van der Waals surface area (Å²) in [5.74, 6) is 1.53. The van der Waals surface area contributed by atoms with Gasteiger partial charge in [0.1, 0.15) is 0 Å². The number of hydrogen-bond acceptors (Lipinski definition) is 0. The van der Waals surface area contributed by atoms with Crippen LogP contribution in [-0.2, 0) is 0 Å². The molecule has 3 aliphatic rings. The maximum atomic E-state index is 1.53. The van der Waals surface area contributed by atoms with Crippen molar-refractivity contribution in [3.8, 4) is 0 Å². The third-order valence-corrected chi connectivity index (χ3v) is 22.3. The molecular formula is BP3. The molecule has 0 N–H and O–H groups in total. The fourth-order valence-corrected chi connectivity index (χ4v) is 23.4. The van der Waals surface area contributed by atoms with Gasteiger partial charge in [-0.25, -0.2) is 0 Å². The first-order valence-corrected chi connectivity index (χ1v) is 7.72. The molecule has 4 rings (SSSR count). The Morgan fingerprint density at radius 1 is 1.00 bits per heavy atom. The molecule has 0 aliphatic carbocycles. The standard InChI is InChI=1S/BP3/c1-2-3(1)4(1)2. The van der Waals surface area contributed by atoms with Gasteiger partial charge < -0.3 is 0 Å². The molecule has 4 heavy (non-hydrogen) atoms. The van der Waals surface area contributed by atoms with E-state index in [-0.39, 0.29) is 0 Å². The summed E-state index contributed by atoms with van der Waals surface area (Å²) in [7, 11) is 0. The summed E-state index contributed by atoms with van der Waals surface area (Å²) < 4.78 is 0. The van der Waals surface area contributed by atoms with Crippen molar-refractivity contribution in [2.45, 2.75) is 0 Å². The van der Waals surface area contributed by atoms with Gasteiger partial charge in [-0.1, -0.05) is 0 Å². The molecule has 0 atom stereocenters. The van der Waals surface area contributed by atoms with Gasteiger partial charge in [0.25, 0.3) is 0 Å². The molecule has 0 saturated heterocycles. The Bertz CT molecular complexity index is 123. The van der Waals surface area contributed by atoms with Crippen LogP contribution in [0.4, 0.5) is 0 Å². The van der Waals surface area contributed by atoms with Gasteiger partial charge in [-0.2, -0.15) is 0 Å². The van der Waals surface area contributed by atoms with Crippen LogP contribution in [0.5, 0.6) is 0 Å². The van der Waals surface area contributed by atoms with E-state index in [0.717, 1.165) is 20.3 Å². The third kappa shape index (κ3) is 0.0398. The molecule has 4 heteroatoms. The molecule has 0 amide bonds. The molecule has 0 fully saturated rings. The van der Waals surface area contributed by atoms with Crippen molar-refractivity contribution < 1.29 is 0 Å². The predicted molar refractivity (Wildman–Crippen MR) is 26.5 cm³/mol. The van der Waals surface area contributed by atoms with Crippen LogP contribution in [0.3, 0.4) is 0 Å². The second-order valence-corrected chi connectivity index (χ2v) is 16.6. The van der Waals surface area contributed by atoms with E-state index >= 15 is 0 Å². The van der Waals surface area contributed by atoms with Crippen LogP contribution in [0.25, 0.3) is 0 Å². The summed E-state index contributed by atoms with van der Waals surface area (Å²) >= 11 is 0. The maximum absolute atomic E-state index is 1.53. The molecule has 0 saturated carbocycles. The van der Waals surface area contributed by atoms with Gasteiger partial charge in [0.2, 0.25) is 0 Å². The first kappa shape index (κ1) is 1.61. The van der Waals surface area contributed by atoms with Gasteiger partial charge in [0.05, 0.1) is 0 Å². The lowest BCUT2D eigenvalue weighted by Crippen LogP contribution is -1.19. The van der Waals surface area contributed by atoms with Crippen molar-refractivity contribution in [3.63, 3.8) is 0 Å². The van der Waals surface area contributed by atoms with E-state index in [4.69, 9.17) is 0 Å². The molecule has 0 spiro atoms. The average molecular weight is 104 g/mol. The lowest BCUT2D eigenvalue weighted by Gasteiger charge is -0.926. The van der Waals surface area contributed by atoms with Crippen molar-refractivity contribution in [2.24, 2.45) is 0 Å². The Hall–Kier alpha value is 0.965. The minimum absolute atomic E-state index is 1.01. The van der Waals surface area contributed by atoms with E-state index in [1.807, 2.05) is 0 Å². The van der Waals surface area contributed by atoms with Crippen molar-refractivity contribution >= 4 is 26.2 Å². The Labute approximate surface area is 27.0 Å². The lowest BCUT2D eigenvalue weighted by atomic mass is 10.7. The second kappa shape index (κ2) is 0.207. The van der Waals surface area contributed by atoms with Crippen molar-refractivity contribution in [1.29, 1.82) is 0 Å². The van der Waals surface area contributed by atoms with Crippen LogP contribution in [0.1, 0.15) is 0 Å². The van der Waals surface area contributed by atoms with Gasteiger partial charge in [-0.05, 0) is 0 Å². The van der Waals surface area contributed by atoms with Crippen molar-refractivity contribution in [2.75, 3.05) is 0 Å². The molecule has 0 unspecified atom stereocenters. The molecule has 0 bridgehead atoms. The summed E-state index contributed by atoms with van der Waals surface area (Å²) in [6, 6.07) is 0. The molecule has 18 valence electrons. The molecule has 0 nitrogen and oxygen atoms in total. The number of hydrogen-bond donors (Lipinski definition) is 0. The van der Waals surface area contributed by atoms with Crippen LogP contribution in [0.2, 0.25) is 0 Å². The smallest absolute Gasteiger partial charge is 0.109 e. The zero-order valence-corrected chi connectivity index (χ0v) is 4.60. The van der Waals surface area contributed by atoms with Gasteiger partial charge in [-0.15, -0.1) is 20.3 Å². The molecule has 0 aromatic carbocycles. The van der Waals surface area contributed by atoms with Gasteiger partial charge in [0, 0.05) is 0 Å². The van der Waals surface area contributed by atoms with Crippen molar-refractivity contribution in [1.82, 2.24) is 0 Å². The highest BCUT2D eigenvalue weighted by molar-refractivity contribution is 9.38. The van der Waals surface area contributed by atoms with Gasteiger partial charge >= 0.3 is 5.87 Å². The first-order chi connectivity index (χ1) is 2.00. The van der Waals surface area contributed by atoms with E-state index in [2.05, 4.69) is 0 Å². The van der Waals surface area contributed by atoms with Gasteiger partial charge in [0.15, 0.2) is 0 Å². The van der Waals surface area contributed by atoms with Crippen LogP contribution in [0, 0.1) is 0 Å². The molecule has 1 aromatic rings. The summed E-state index contributed by atoms with van der Waals surface area (Å²) in [5.41, 5.74) is 0. The van der Waals surface area contributed by atoms with E-state index in [0.29, 0.717) is 0 Å². The normalized spacial score (nSPS) is 36.0. The maximum Gasteiger partial charge on any atom is 0.327 e. The molecule has 0 radical (unpaired) electrons. The Kier molecular flexibility index (Phi) is 0.0834. The Morgan fingerprint density at radius 3 is 1.25 bits per heavy atom. The average Bonchev–Trinajstić information content (AvgIpc) is 1.71. The van der Waals surface area contributed by atoms with E-state index in [9.17, 15) is 0 Å². The third-order valence-electron chi connectivity index (χ3n) is 1.06. The fraction of sp³-hybridized carbons (Fsp3) is 0. The Balaban J connectivity index is 3.63. The summed E-state index contributed by atoms with van der Waals surface area (Å²) in [4.78, 5) is 0. The largest absolute Gasteiger partial charge is 0.327 e. The van der Waals surface area contributed by atoms with E-state index in [1.165, 1.54) is 5.87 Å². The zero-order chi connectivity index (χ0) is 2.31. The lowest BCUT2D eigenvalue weighted by molar-refractivity contribution is 4.93. The van der Waals surface area contributed by atoms with Gasteiger partial charge in [-0.3, -0.25) is 0 Å². The monoisotopic (exact) mass is 104 g/mol. The SMILES string of the molecule is B12p3p1p32. The van der Waals surface area contributed by atoms with E-state index < -0.39 is 0 Å². The summed E-state index contributed by atoms with van der Waals surface area (Å²) in [5, 5.41) is 0. The quantitative estimate of drug-likeness (QED) is 0.383. The Morgan fingerprint density at radius 2 is 1.25 bits per heavy atom. The summed E-state index contributed by atoms with van der Waals surface area (Å²) in [6.45, 7) is 3.03. The number of rotatable bonds is 0. The van der Waals surface area contributed by atoms with E-state index in [1.54, 1.807) is 0 Å². The van der Waals surface area contributed by atoms with Crippen LogP contribution in [-0.4, -0.2) is 5.87 Å². The second-order valence-electron chi connectivity index (χ2n) is 1.31. The zero-order valence-electron chi connectivity index (χ0n) is 1.92. The van der Waals surface area contributed by atoms with Crippen LogP contribution >= 0.6 is 20.3 Å². The molecular weight excluding hydrogens is 104 g/mol. The minimum atomic E-state index is 1.01. The summed E-state index contributed by atoms with van der Waals surface area (Å²) in [6.07, 6.45) is 0. The van der Waals surface area contributed by atoms with Crippen LogP contribution in [0.15, 0.2) is 0 Å². The fourth-order valence-electron chi connectivity index (χ4n) is 0.452. The highest BCUT2D eigenvalue weighted by Crippen LogP contribution is 3.31. The molecule has 4 heterocycles. The highest BCUT2D eigenvalue weighted by Gasteiger charge is 2.76. The van der Waals surface area contributed by atoms with Crippen LogP contribution < -0.4 is 0 Å². The predicted octanol–water partition coefficient (Wildman–Crippen LogP) is 2.20. The van der Waals surface area contributed by atoms with Crippen molar-refractivity contribution in [3.05, 3.63) is 0 Å².